The quantitative estimate of drug-likeness (QED) is 0.613. The summed E-state index contributed by atoms with van der Waals surface area (Å²) in [5.74, 6) is 0. The van der Waals surface area contributed by atoms with Crippen LogP contribution in [0.3, 0.4) is 0 Å². The van der Waals surface area contributed by atoms with E-state index in [1.807, 2.05) is 10.4 Å². The first-order valence-electron chi connectivity index (χ1n) is 9.20. The van der Waals surface area contributed by atoms with Gasteiger partial charge in [-0.3, -0.25) is 0 Å². The zero-order valence-corrected chi connectivity index (χ0v) is 17.6. The molecule has 0 aliphatic carbocycles. The maximum Gasteiger partial charge on any atom is 0.0845 e. The highest BCUT2D eigenvalue weighted by Gasteiger charge is 2.56. The van der Waals surface area contributed by atoms with Crippen molar-refractivity contribution in [1.29, 1.82) is 0 Å². The highest BCUT2D eigenvalue weighted by molar-refractivity contribution is 7.05. The molecule has 0 aromatic heterocycles. The molecular formula is C20H32Si2. The first-order chi connectivity index (χ1) is 10.0. The summed E-state index contributed by atoms with van der Waals surface area (Å²) < 4.78 is 0. The third-order valence-corrected chi connectivity index (χ3v) is 17.4. The summed E-state index contributed by atoms with van der Waals surface area (Å²) in [6.07, 6.45) is 1.42. The number of benzene rings is 1. The summed E-state index contributed by atoms with van der Waals surface area (Å²) >= 11 is 0. The molecule has 0 amide bonds. The molecule has 3 aliphatic heterocycles. The van der Waals surface area contributed by atoms with E-state index >= 15 is 0 Å². The SMILES string of the molecule is Cc1cc2c3c4c1C(C)(C)C[Si]4(C)CC[Si]3(C)CCC2(C)C. The molecule has 2 atom stereocenters. The van der Waals surface area contributed by atoms with Gasteiger partial charge in [-0.25, -0.2) is 0 Å². The van der Waals surface area contributed by atoms with Gasteiger partial charge < -0.3 is 0 Å². The van der Waals surface area contributed by atoms with Gasteiger partial charge in [-0.15, -0.1) is 0 Å². The van der Waals surface area contributed by atoms with Crippen LogP contribution in [-0.4, -0.2) is 16.1 Å². The van der Waals surface area contributed by atoms with Crippen molar-refractivity contribution >= 4 is 26.5 Å². The molecule has 22 heavy (non-hydrogen) atoms. The van der Waals surface area contributed by atoms with E-state index in [9.17, 15) is 0 Å². The van der Waals surface area contributed by atoms with Crippen molar-refractivity contribution in [2.75, 3.05) is 0 Å². The average molecular weight is 329 g/mol. The maximum atomic E-state index is 2.72. The highest BCUT2D eigenvalue weighted by Crippen LogP contribution is 2.50. The zero-order chi connectivity index (χ0) is 16.1. The van der Waals surface area contributed by atoms with Crippen molar-refractivity contribution in [1.82, 2.24) is 0 Å². The monoisotopic (exact) mass is 328 g/mol. The molecule has 2 unspecified atom stereocenters. The van der Waals surface area contributed by atoms with E-state index in [4.69, 9.17) is 0 Å². The Balaban J connectivity index is 2.16. The summed E-state index contributed by atoms with van der Waals surface area (Å²) in [6, 6.07) is 8.84. The third kappa shape index (κ3) is 1.69. The fourth-order valence-electron chi connectivity index (χ4n) is 6.47. The van der Waals surface area contributed by atoms with Gasteiger partial charge in [0.25, 0.3) is 0 Å². The van der Waals surface area contributed by atoms with Crippen molar-refractivity contribution in [2.24, 2.45) is 0 Å². The Kier molecular flexibility index (Phi) is 2.76. The maximum absolute atomic E-state index is 2.72. The molecule has 3 heterocycles. The molecular weight excluding hydrogens is 296 g/mol. The van der Waals surface area contributed by atoms with Crippen LogP contribution >= 0.6 is 0 Å². The van der Waals surface area contributed by atoms with Crippen LogP contribution in [0.15, 0.2) is 6.07 Å². The molecule has 0 bridgehead atoms. The molecule has 1 aromatic rings. The summed E-state index contributed by atoms with van der Waals surface area (Å²) in [5.41, 5.74) is 6.03. The standard InChI is InChI=1S/C20H32Si2/c1-14-12-15-17-18-16(14)20(4,5)13-22(18,7)11-10-21(17,6)9-8-19(15,2)3/h12H,8-11,13H2,1-7H3. The lowest BCUT2D eigenvalue weighted by atomic mass is 9.77. The number of rotatable bonds is 0. The summed E-state index contributed by atoms with van der Waals surface area (Å²) in [5, 5.41) is 3.97. The number of aryl methyl sites for hydroxylation is 1. The van der Waals surface area contributed by atoms with E-state index in [0.717, 1.165) is 0 Å². The van der Waals surface area contributed by atoms with Crippen molar-refractivity contribution in [3.05, 3.63) is 22.8 Å². The molecule has 4 rings (SSSR count). The van der Waals surface area contributed by atoms with E-state index in [1.165, 1.54) is 18.5 Å². The van der Waals surface area contributed by atoms with Gasteiger partial charge in [-0.05, 0) is 46.9 Å². The Morgan fingerprint density at radius 3 is 2.18 bits per heavy atom. The van der Waals surface area contributed by atoms with Gasteiger partial charge in [0.05, 0.1) is 16.1 Å². The van der Waals surface area contributed by atoms with Crippen LogP contribution in [0.25, 0.3) is 0 Å². The van der Waals surface area contributed by atoms with Gasteiger partial charge in [0.2, 0.25) is 0 Å². The zero-order valence-electron chi connectivity index (χ0n) is 15.6. The Morgan fingerprint density at radius 1 is 0.864 bits per heavy atom. The largest absolute Gasteiger partial charge is 0.0845 e. The summed E-state index contributed by atoms with van der Waals surface area (Å²) in [7, 11) is -2.44. The Morgan fingerprint density at radius 2 is 1.50 bits per heavy atom. The lowest BCUT2D eigenvalue weighted by molar-refractivity contribution is 0.497. The lowest BCUT2D eigenvalue weighted by Gasteiger charge is -2.49. The normalized spacial score (nSPS) is 37.0. The average Bonchev–Trinajstić information content (AvgIpc) is 2.61. The molecule has 0 saturated heterocycles. The lowest BCUT2D eigenvalue weighted by Crippen LogP contribution is -2.68. The molecule has 0 nitrogen and oxygen atoms in total. The molecule has 3 aliphatic rings. The fraction of sp³-hybridized carbons (Fsp3) is 0.700. The first-order valence-corrected chi connectivity index (χ1v) is 15.0. The molecule has 2 heteroatoms. The minimum atomic E-state index is -1.24. The van der Waals surface area contributed by atoms with Crippen molar-refractivity contribution in [3.63, 3.8) is 0 Å². The van der Waals surface area contributed by atoms with E-state index in [0.29, 0.717) is 10.8 Å². The van der Waals surface area contributed by atoms with Crippen LogP contribution in [0.5, 0.6) is 0 Å². The predicted octanol–water partition coefficient (Wildman–Crippen LogP) is 4.55. The molecule has 1 aromatic carbocycles. The second-order valence-corrected chi connectivity index (χ2v) is 19.5. The van der Waals surface area contributed by atoms with Gasteiger partial charge >= 0.3 is 0 Å². The van der Waals surface area contributed by atoms with Crippen LogP contribution in [-0.2, 0) is 10.8 Å². The minimum Gasteiger partial charge on any atom is -0.0652 e. The van der Waals surface area contributed by atoms with E-state index in [1.54, 1.807) is 28.8 Å². The molecule has 120 valence electrons. The van der Waals surface area contributed by atoms with Crippen molar-refractivity contribution in [2.45, 2.75) is 89.1 Å². The Labute approximate surface area is 138 Å². The van der Waals surface area contributed by atoms with Crippen LogP contribution in [0.4, 0.5) is 0 Å². The third-order valence-electron chi connectivity index (χ3n) is 7.50. The fourth-order valence-corrected chi connectivity index (χ4v) is 21.0. The summed E-state index contributed by atoms with van der Waals surface area (Å²) in [4.78, 5) is 0. The Bertz CT molecular complexity index is 685. The second kappa shape index (κ2) is 4.00. The molecule has 0 fully saturated rings. The molecule has 0 radical (unpaired) electrons. The smallest absolute Gasteiger partial charge is 0.0652 e. The second-order valence-electron chi connectivity index (χ2n) is 10.4. The first kappa shape index (κ1) is 15.2. The van der Waals surface area contributed by atoms with Crippen molar-refractivity contribution in [3.8, 4) is 0 Å². The molecule has 0 saturated carbocycles. The van der Waals surface area contributed by atoms with Crippen LogP contribution in [0.1, 0.15) is 50.8 Å². The van der Waals surface area contributed by atoms with E-state index in [-0.39, 0.29) is 0 Å². The van der Waals surface area contributed by atoms with E-state index < -0.39 is 16.1 Å². The van der Waals surface area contributed by atoms with Gasteiger partial charge in [-0.2, -0.15) is 0 Å². The predicted molar refractivity (Wildman–Crippen MR) is 104 cm³/mol. The van der Waals surface area contributed by atoms with Gasteiger partial charge in [-0.1, -0.05) is 75.4 Å². The number of hydrogen-bond acceptors (Lipinski definition) is 0. The Hall–Kier alpha value is -0.346. The topological polar surface area (TPSA) is 0 Å². The summed E-state index contributed by atoms with van der Waals surface area (Å²) in [6.45, 7) is 17.9. The minimum absolute atomic E-state index is 0.404. The van der Waals surface area contributed by atoms with Gasteiger partial charge in [0.1, 0.15) is 0 Å². The van der Waals surface area contributed by atoms with Crippen LogP contribution in [0.2, 0.25) is 37.3 Å². The number of hydrogen-bond donors (Lipinski definition) is 0. The van der Waals surface area contributed by atoms with E-state index in [2.05, 4.69) is 53.8 Å². The van der Waals surface area contributed by atoms with Crippen LogP contribution < -0.4 is 10.4 Å². The molecule has 0 spiro atoms. The van der Waals surface area contributed by atoms with Crippen molar-refractivity contribution < 1.29 is 0 Å². The molecule has 0 N–H and O–H groups in total. The highest BCUT2D eigenvalue weighted by atomic mass is 28.3. The van der Waals surface area contributed by atoms with Crippen LogP contribution in [0, 0.1) is 6.92 Å². The van der Waals surface area contributed by atoms with Gasteiger partial charge in [0, 0.05) is 0 Å². The van der Waals surface area contributed by atoms with Gasteiger partial charge in [0.15, 0.2) is 0 Å².